The van der Waals surface area contributed by atoms with Gasteiger partial charge in [0.1, 0.15) is 13.2 Å². The van der Waals surface area contributed by atoms with Crippen molar-refractivity contribution in [3.63, 3.8) is 0 Å². The van der Waals surface area contributed by atoms with Gasteiger partial charge in [0.15, 0.2) is 0 Å². The zero-order chi connectivity index (χ0) is 38.6. The molecule has 0 saturated heterocycles. The van der Waals surface area contributed by atoms with E-state index in [0.29, 0.717) is 17.4 Å². The Bertz CT molecular complexity index is 1080. The highest BCUT2D eigenvalue weighted by molar-refractivity contribution is 7.47. The maximum absolute atomic E-state index is 12.8. The molecule has 0 aliphatic rings. The topological polar surface area (TPSA) is 105 Å². The highest BCUT2D eigenvalue weighted by Crippen LogP contribution is 2.43. The third-order valence-corrected chi connectivity index (χ3v) is 9.39. The first-order valence-electron chi connectivity index (χ1n) is 20.3. The number of allylic oxidation sites excluding steroid dienone is 11. The van der Waals surface area contributed by atoms with Crippen LogP contribution in [-0.4, -0.2) is 73.4 Å². The van der Waals surface area contributed by atoms with Crippen molar-refractivity contribution in [1.29, 1.82) is 0 Å². The third kappa shape index (κ3) is 36.3. The summed E-state index contributed by atoms with van der Waals surface area (Å²) >= 11 is 0. The van der Waals surface area contributed by atoms with E-state index in [1.54, 1.807) is 6.08 Å². The van der Waals surface area contributed by atoms with Crippen molar-refractivity contribution >= 4 is 13.7 Å². The Kier molecular flexibility index (Phi) is 33.3. The fourth-order valence-corrected chi connectivity index (χ4v) is 5.90. The number of unbranched alkanes of at least 4 members (excludes halogenated alkanes) is 12. The van der Waals surface area contributed by atoms with E-state index in [4.69, 9.17) is 9.05 Å². The summed E-state index contributed by atoms with van der Waals surface area (Å²) in [5.41, 5.74) is 0. The van der Waals surface area contributed by atoms with Gasteiger partial charge < -0.3 is 19.8 Å². The summed E-state index contributed by atoms with van der Waals surface area (Å²) in [5.74, 6) is -0.207. The lowest BCUT2D eigenvalue weighted by molar-refractivity contribution is -0.870. The smallest absolute Gasteiger partial charge is 0.387 e. The summed E-state index contributed by atoms with van der Waals surface area (Å²) in [5, 5.41) is 13.7. The first kappa shape index (κ1) is 49.9. The molecule has 0 radical (unpaired) electrons. The van der Waals surface area contributed by atoms with E-state index in [0.717, 1.165) is 77.0 Å². The number of nitrogens with one attached hydrogen (secondary N) is 1. The van der Waals surface area contributed by atoms with Crippen LogP contribution in [0.1, 0.15) is 142 Å². The lowest BCUT2D eigenvalue weighted by atomic mass is 10.1. The van der Waals surface area contributed by atoms with Crippen molar-refractivity contribution in [2.45, 2.75) is 154 Å². The van der Waals surface area contributed by atoms with E-state index in [1.165, 1.54) is 44.9 Å². The molecule has 0 bridgehead atoms. The van der Waals surface area contributed by atoms with Crippen LogP contribution in [0.5, 0.6) is 0 Å². The van der Waals surface area contributed by atoms with Gasteiger partial charge in [-0.05, 0) is 70.6 Å². The second-order valence-electron chi connectivity index (χ2n) is 14.6. The van der Waals surface area contributed by atoms with Gasteiger partial charge in [-0.3, -0.25) is 13.8 Å². The standard InChI is InChI=1S/C43H77N2O6P/c1-6-8-10-12-14-16-18-19-20-21-22-23-24-25-27-29-31-33-35-37-43(47)44-41(40-51-52(48,49)50-39-38-45(3,4)5)42(46)36-34-32-30-28-26-17-15-13-11-9-7-2/h8,10,14,16,19-20,22-23,26,28,34,36,41-42,46H,6-7,9,11-13,15,17-18,21,24-25,27,29-33,35,37-40H2,1-5H3,(H-,44,47,48,49)/p+1/b10-8-,16-14-,20-19-,23-22-,28-26+,36-34+. The number of carbonyl (C=O) groups excluding carboxylic acids is 1. The van der Waals surface area contributed by atoms with Crippen molar-refractivity contribution in [3.8, 4) is 0 Å². The van der Waals surface area contributed by atoms with Crippen LogP contribution in [0.3, 0.4) is 0 Å². The van der Waals surface area contributed by atoms with Gasteiger partial charge in [-0.15, -0.1) is 0 Å². The van der Waals surface area contributed by atoms with Crippen LogP contribution in [-0.2, 0) is 18.4 Å². The Morgan fingerprint density at radius 1 is 0.673 bits per heavy atom. The first-order chi connectivity index (χ1) is 25.0. The molecular formula is C43H78N2O6P+. The summed E-state index contributed by atoms with van der Waals surface area (Å²) < 4.78 is 23.4. The number of likely N-dealkylation sites (N-methyl/N-ethyl adjacent to an activating group) is 1. The fraction of sp³-hybridized carbons (Fsp3) is 0.698. The number of aliphatic hydroxyl groups excluding tert-OH is 1. The second-order valence-corrected chi connectivity index (χ2v) is 16.1. The van der Waals surface area contributed by atoms with Crippen LogP contribution in [0.15, 0.2) is 72.9 Å². The average molecular weight is 750 g/mol. The molecule has 0 aromatic rings. The number of aliphatic hydroxyl groups is 1. The molecule has 0 aromatic heterocycles. The molecule has 0 aromatic carbocycles. The van der Waals surface area contributed by atoms with Gasteiger partial charge in [-0.25, -0.2) is 4.57 Å². The predicted octanol–water partition coefficient (Wildman–Crippen LogP) is 10.9. The second kappa shape index (κ2) is 34.7. The number of phosphoric ester groups is 1. The van der Waals surface area contributed by atoms with Gasteiger partial charge in [-0.2, -0.15) is 0 Å². The van der Waals surface area contributed by atoms with Gasteiger partial charge in [0.2, 0.25) is 5.91 Å². The van der Waals surface area contributed by atoms with Crippen molar-refractivity contribution in [3.05, 3.63) is 72.9 Å². The monoisotopic (exact) mass is 750 g/mol. The minimum Gasteiger partial charge on any atom is -0.387 e. The van der Waals surface area contributed by atoms with Crippen molar-refractivity contribution in [2.24, 2.45) is 0 Å². The van der Waals surface area contributed by atoms with Crippen LogP contribution < -0.4 is 5.32 Å². The molecule has 3 unspecified atom stereocenters. The summed E-state index contributed by atoms with van der Waals surface area (Å²) in [6, 6.07) is -0.872. The molecule has 0 heterocycles. The van der Waals surface area contributed by atoms with E-state index in [1.807, 2.05) is 27.2 Å². The highest BCUT2D eigenvalue weighted by atomic mass is 31.2. The minimum atomic E-state index is -4.35. The maximum atomic E-state index is 12.8. The fourth-order valence-electron chi connectivity index (χ4n) is 5.16. The quantitative estimate of drug-likeness (QED) is 0.0258. The maximum Gasteiger partial charge on any atom is 0.472 e. The number of hydrogen-bond acceptors (Lipinski definition) is 5. The van der Waals surface area contributed by atoms with Gasteiger partial charge in [-0.1, -0.05) is 138 Å². The SMILES string of the molecule is CC/C=C\C/C=C\C/C=C\C/C=C\CCCCCCCCC(=O)NC(COP(=O)(O)OCC[N+](C)(C)C)C(O)/C=C/CC/C=C/CCCCCCC. The van der Waals surface area contributed by atoms with Crippen LogP contribution in [0.4, 0.5) is 0 Å². The molecule has 0 fully saturated rings. The Morgan fingerprint density at radius 2 is 1.17 bits per heavy atom. The van der Waals surface area contributed by atoms with Crippen molar-refractivity contribution in [1.82, 2.24) is 5.32 Å². The Morgan fingerprint density at radius 3 is 1.77 bits per heavy atom. The third-order valence-electron chi connectivity index (χ3n) is 8.41. The van der Waals surface area contributed by atoms with Gasteiger partial charge >= 0.3 is 7.82 Å². The molecule has 3 atom stereocenters. The molecule has 8 nitrogen and oxygen atoms in total. The highest BCUT2D eigenvalue weighted by Gasteiger charge is 2.27. The number of phosphoric acid groups is 1. The van der Waals surface area contributed by atoms with E-state index in [2.05, 4.69) is 79.9 Å². The molecule has 1 amide bonds. The predicted molar refractivity (Wildman–Crippen MR) is 221 cm³/mol. The number of nitrogens with zero attached hydrogens (tertiary/aromatic N) is 1. The Hall–Kier alpha value is -2.06. The molecule has 0 saturated carbocycles. The number of quaternary nitrogens is 1. The first-order valence-corrected chi connectivity index (χ1v) is 21.8. The van der Waals surface area contributed by atoms with Crippen LogP contribution in [0.2, 0.25) is 0 Å². The summed E-state index contributed by atoms with van der Waals surface area (Å²) in [6.45, 7) is 4.61. The molecule has 9 heteroatoms. The van der Waals surface area contributed by atoms with Gasteiger partial charge in [0, 0.05) is 6.42 Å². The zero-order valence-electron chi connectivity index (χ0n) is 33.8. The van der Waals surface area contributed by atoms with Gasteiger partial charge in [0.05, 0.1) is 39.9 Å². The largest absolute Gasteiger partial charge is 0.472 e. The van der Waals surface area contributed by atoms with Crippen LogP contribution in [0, 0.1) is 0 Å². The summed E-state index contributed by atoms with van der Waals surface area (Å²) in [6.07, 6.45) is 45.4. The summed E-state index contributed by atoms with van der Waals surface area (Å²) in [4.78, 5) is 23.0. The number of amides is 1. The summed E-state index contributed by atoms with van der Waals surface area (Å²) in [7, 11) is 1.53. The molecule has 300 valence electrons. The Labute approximate surface area is 319 Å². The number of carbonyl (C=O) groups is 1. The molecule has 0 spiro atoms. The molecule has 0 aliphatic carbocycles. The van der Waals surface area contributed by atoms with E-state index < -0.39 is 20.0 Å². The molecule has 0 rings (SSSR count). The van der Waals surface area contributed by atoms with Crippen molar-refractivity contribution < 1.29 is 32.9 Å². The van der Waals surface area contributed by atoms with Crippen LogP contribution >= 0.6 is 7.82 Å². The number of hydrogen-bond donors (Lipinski definition) is 3. The lowest BCUT2D eigenvalue weighted by Gasteiger charge is -2.25. The zero-order valence-corrected chi connectivity index (χ0v) is 34.7. The van der Waals surface area contributed by atoms with Crippen molar-refractivity contribution in [2.75, 3.05) is 40.9 Å². The lowest BCUT2D eigenvalue weighted by Crippen LogP contribution is -2.45. The minimum absolute atomic E-state index is 0.0491. The molecule has 0 aliphatic heterocycles. The Balaban J connectivity index is 4.51. The average Bonchev–Trinajstić information content (AvgIpc) is 3.09. The van der Waals surface area contributed by atoms with E-state index >= 15 is 0 Å². The van der Waals surface area contributed by atoms with E-state index in [9.17, 15) is 19.4 Å². The van der Waals surface area contributed by atoms with E-state index in [-0.39, 0.29) is 19.1 Å². The number of rotatable bonds is 35. The molecular weight excluding hydrogens is 671 g/mol. The molecule has 3 N–H and O–H groups in total. The normalized spacial score (nSPS) is 15.3. The molecule has 52 heavy (non-hydrogen) atoms. The van der Waals surface area contributed by atoms with Gasteiger partial charge in [0.25, 0.3) is 0 Å². The van der Waals surface area contributed by atoms with Crippen LogP contribution in [0.25, 0.3) is 0 Å².